The average molecular weight is 2150 g/mol. The van der Waals surface area contributed by atoms with Crippen molar-refractivity contribution in [2.45, 2.75) is 13.8 Å². The number of hydrogen-bond acceptors (Lipinski definition) is 20. The van der Waals surface area contributed by atoms with E-state index < -0.39 is 33.7 Å². The Bertz CT molecular complexity index is 5290. The minimum absolute atomic E-state index is 0. The van der Waals surface area contributed by atoms with E-state index in [1.165, 1.54) is 69.2 Å². The largest absolute Gasteiger partial charge is 1.00 e. The van der Waals surface area contributed by atoms with Gasteiger partial charge in [0.2, 0.25) is 0 Å². The second kappa shape index (κ2) is 56.6. The number of anilines is 9. The van der Waals surface area contributed by atoms with Gasteiger partial charge in [-0.25, -0.2) is 15.0 Å². The van der Waals surface area contributed by atoms with Crippen LogP contribution in [0, 0.1) is 44.2 Å². The molecular weight excluding hydrogens is 2050 g/mol. The molecule has 14 rings (SSSR count). The summed E-state index contributed by atoms with van der Waals surface area (Å²) in [5.74, 6) is 3.91. The zero-order valence-corrected chi connectivity index (χ0v) is 86.3. The predicted octanol–water partition coefficient (Wildman–Crippen LogP) is 19.4. The van der Waals surface area contributed by atoms with Crippen LogP contribution in [0.3, 0.4) is 0 Å². The maximum absolute atomic E-state index is 10.5. The van der Waals surface area contributed by atoms with Crippen molar-refractivity contribution in [1.82, 2.24) is 28.7 Å². The van der Waals surface area contributed by atoms with Gasteiger partial charge >= 0.3 is 66.3 Å². The number of aromatic nitrogens is 6. The van der Waals surface area contributed by atoms with E-state index >= 15 is 0 Å². The normalized spacial score (nSPS) is 9.71. The van der Waals surface area contributed by atoms with Gasteiger partial charge in [-0.05, 0) is 207 Å². The van der Waals surface area contributed by atoms with E-state index in [-0.39, 0.29) is 62.1 Å². The van der Waals surface area contributed by atoms with Crippen molar-refractivity contribution in [1.29, 1.82) is 0 Å². The number of hydrogen-bond donors (Lipinski definition) is 6. The van der Waals surface area contributed by atoms with Crippen LogP contribution in [0.25, 0.3) is 67.3 Å². The van der Waals surface area contributed by atoms with Crippen molar-refractivity contribution in [2.75, 3.05) is 139 Å². The molecule has 11 aromatic carbocycles. The van der Waals surface area contributed by atoms with Crippen LogP contribution in [0.2, 0.25) is 0 Å². The predicted molar refractivity (Wildman–Crippen MR) is 535 cm³/mol. The number of rotatable bonds is 14. The van der Waals surface area contributed by atoms with Crippen LogP contribution in [-0.2, 0) is 21.1 Å². The number of nitro groups is 3. The van der Waals surface area contributed by atoms with Crippen molar-refractivity contribution in [3.05, 3.63) is 291 Å². The van der Waals surface area contributed by atoms with Gasteiger partial charge in [0, 0.05) is 214 Å². The molecule has 0 spiro atoms. The van der Waals surface area contributed by atoms with Crippen LogP contribution in [0.5, 0.6) is 5.75 Å². The van der Waals surface area contributed by atoms with Gasteiger partial charge in [0.05, 0.1) is 66.4 Å². The number of aliphatic hydroxyl groups excluding tert-OH is 1. The molecule has 645 valence electrons. The minimum atomic E-state index is -0.826. The summed E-state index contributed by atoms with van der Waals surface area (Å²) in [5.41, 5.74) is 31.3. The fourth-order valence-corrected chi connectivity index (χ4v) is 12.4. The summed E-state index contributed by atoms with van der Waals surface area (Å²) in [6.45, 7) is 4.19. The first-order chi connectivity index (χ1) is 57.7. The topological polar surface area (TPSA) is 313 Å². The summed E-state index contributed by atoms with van der Waals surface area (Å²) in [7, 11) is 40.2. The van der Waals surface area contributed by atoms with E-state index in [0.717, 1.165) is 89.4 Å². The van der Waals surface area contributed by atoms with E-state index in [4.69, 9.17) is 54.1 Å². The van der Waals surface area contributed by atoms with Gasteiger partial charge in [0.25, 0.3) is 17.1 Å². The molecule has 3 heterocycles. The monoisotopic (exact) mass is 2150 g/mol. The van der Waals surface area contributed by atoms with Crippen molar-refractivity contribution < 1.29 is 55.6 Å². The first-order valence-corrected chi connectivity index (χ1v) is 49.9. The number of imidazole rings is 3. The Labute approximate surface area is 803 Å². The number of aliphatic hydroxyl groups is 1. The van der Waals surface area contributed by atoms with Gasteiger partial charge in [-0.1, -0.05) is 84.2 Å². The zero-order valence-electron chi connectivity index (χ0n) is 73.0. The molecule has 8 N–H and O–H groups in total. The Kier molecular flexibility index (Phi) is 50.6. The summed E-state index contributed by atoms with van der Waals surface area (Å²) < 4.78 is 14.2. The van der Waals surface area contributed by atoms with E-state index in [9.17, 15) is 30.3 Å². The molecule has 3 aromatic heterocycles. The van der Waals surface area contributed by atoms with Crippen LogP contribution in [-0.4, -0.2) is 168 Å². The van der Waals surface area contributed by atoms with Crippen LogP contribution < -0.4 is 81.3 Å². The second-order valence-electron chi connectivity index (χ2n) is 26.6. The standard InChI is InChI=1S/2C17H19N3.C16H16BrN3.C9H13NO.C7H7BrN2O2.C7H9BrN2.C7H8N2O2.C6H6N2O2.CH4O.B.Br2.2ClH.Na.Sn.H/c2*1-12-5-10-16-15(11-12)18-17(20(16)4)13-6-8-14(9-7-13)19(2)3;1-19(2)13-7-4-11(5-8-13)16-18-14-10-12(17)6-9-15(14)20(16)3;1-10(2)8-4-6-9(11-3)7-5-8;1-9-6-3-2-5(8)4-7(6)10(11)12;1-10-7-3-2-5(8)4-6(7)9;1-8-6-4-2-3-5-7(6)9(10)11;7-5-3-1-2-4-6(5)8(9)10;1-2;;1-2;;;;;/h2*5-11H,1-4H3;4-10H,1-3H3;4-7H,1-3H3;2-4,9H,1H3;2-4,10H,9H2,1H3;2-5,8H,1H3;1-4H,7H2;2H,1H3;;;2*1H;;;/q;;;;;;;;;;;;;+1;+2;-1/p-2. The molecule has 14 aromatic rings. The number of nitrogens with one attached hydrogen (secondary N) is 3. The summed E-state index contributed by atoms with van der Waals surface area (Å²) in [6, 6.07) is 75.6. The second-order valence-corrected chi connectivity index (χ2v) is 33.6. The molecular formula is C87H102BBr5Cl2N18NaO8Sn. The smallest absolute Gasteiger partial charge is 1.00 e. The van der Waals surface area contributed by atoms with Gasteiger partial charge < -0.3 is 72.0 Å². The summed E-state index contributed by atoms with van der Waals surface area (Å²) in [5, 5.41) is 46.4. The van der Waals surface area contributed by atoms with E-state index in [1.54, 1.807) is 63.7 Å². The van der Waals surface area contributed by atoms with Crippen molar-refractivity contribution in [3.63, 3.8) is 0 Å². The first-order valence-electron chi connectivity index (χ1n) is 36.6. The summed E-state index contributed by atoms with van der Waals surface area (Å²) in [4.78, 5) is 52.3. The SMILES string of the molecule is BrBr.CN(C)c1ccc(-c2nc3cc(Br)ccc3n2C)cc1.CNc1ccc(Br)cc1N.CNc1ccc(Br)cc1[N+](=O)[O-].CNc1ccccc1[N+](=O)[O-].CO.COc1ccc(N(C)C)cc1.Cc1ccc2c(c1)nc(-c1ccc(N(C)C)cc1)n2C.Cc1ccc2c(c1)nc(-c1ccc(N(C)C)cc1)n2C.Nc1ccccc1[N+](=O)[O-].[B].[Cl][Sn][Cl].[H-].[Na+]. The number of halogens is 7. The molecule has 26 nitrogen and oxygen atoms in total. The number of ether oxygens (including phenoxy) is 1. The number of nitrogens with zero attached hydrogens (tertiary/aromatic N) is 13. The van der Waals surface area contributed by atoms with Gasteiger partial charge in [-0.3, -0.25) is 30.3 Å². The number of para-hydroxylation sites is 4. The summed E-state index contributed by atoms with van der Waals surface area (Å²) >= 11 is 14.6. The fourth-order valence-electron chi connectivity index (χ4n) is 11.3. The molecule has 0 unspecified atom stereocenters. The molecule has 0 aliphatic carbocycles. The maximum Gasteiger partial charge on any atom is 1.00 e. The zero-order chi connectivity index (χ0) is 90.3. The minimum Gasteiger partial charge on any atom is -1.00 e. The van der Waals surface area contributed by atoms with Gasteiger partial charge in [0.1, 0.15) is 40.3 Å². The number of nitrogens with two attached hydrogens (primary N) is 2. The number of nitro benzene ring substituents is 3. The van der Waals surface area contributed by atoms with Crippen molar-refractivity contribution in [2.24, 2.45) is 21.1 Å². The molecule has 0 saturated carbocycles. The molecule has 0 bridgehead atoms. The molecule has 0 saturated heterocycles. The third-order valence-corrected chi connectivity index (χ3v) is 19.1. The quantitative estimate of drug-likeness (QED) is 0.0255. The Morgan fingerprint density at radius 1 is 0.423 bits per heavy atom. The van der Waals surface area contributed by atoms with E-state index in [1.807, 2.05) is 118 Å². The van der Waals surface area contributed by atoms with Crippen LogP contribution >= 0.6 is 93.9 Å². The molecule has 36 heteroatoms. The van der Waals surface area contributed by atoms with Crippen LogP contribution in [0.1, 0.15) is 12.6 Å². The number of benzene rings is 11. The number of fused-ring (bicyclic) bond motifs is 3. The van der Waals surface area contributed by atoms with Crippen molar-refractivity contribution in [3.8, 4) is 39.9 Å². The number of aryl methyl sites for hydroxylation is 5. The Hall–Kier alpha value is -9.17. The maximum atomic E-state index is 10.5. The average Bonchev–Trinajstić information content (AvgIpc) is 1.65. The van der Waals surface area contributed by atoms with Crippen LogP contribution in [0.4, 0.5) is 68.2 Å². The van der Waals surface area contributed by atoms with Gasteiger partial charge in [0.15, 0.2) is 0 Å². The number of nitrogen functional groups attached to an aromatic ring is 2. The molecule has 0 atom stereocenters. The fraction of sp³-hybridized carbons (Fsp3) is 0.207. The van der Waals surface area contributed by atoms with Crippen LogP contribution in [0.15, 0.2) is 250 Å². The Morgan fingerprint density at radius 2 is 0.715 bits per heavy atom. The summed E-state index contributed by atoms with van der Waals surface area (Å²) in [6.07, 6.45) is 0. The third kappa shape index (κ3) is 34.0. The van der Waals surface area contributed by atoms with Crippen molar-refractivity contribution >= 4 is 223 Å². The molecule has 0 amide bonds. The molecule has 0 aliphatic heterocycles. The number of methoxy groups -OCH3 is 1. The Morgan fingerprint density at radius 3 is 1.03 bits per heavy atom. The molecule has 123 heavy (non-hydrogen) atoms. The Balaban J connectivity index is 0.000000710. The van der Waals surface area contributed by atoms with Gasteiger partial charge in [-0.2, -0.15) is 0 Å². The van der Waals surface area contributed by atoms with Gasteiger partial charge in [-0.15, -0.1) is 0 Å². The van der Waals surface area contributed by atoms with E-state index in [2.05, 4.69) is 276 Å². The third-order valence-electron chi connectivity index (χ3n) is 17.6. The molecule has 0 aliphatic rings. The first kappa shape index (κ1) is 110. The van der Waals surface area contributed by atoms with E-state index in [0.29, 0.717) is 15.8 Å². The molecule has 5 radical (unpaired) electrons. The molecule has 0 fully saturated rings.